The van der Waals surface area contributed by atoms with Crippen LogP contribution in [0.15, 0.2) is 28.7 Å². The van der Waals surface area contributed by atoms with Gasteiger partial charge in [-0.2, -0.15) is 0 Å². The van der Waals surface area contributed by atoms with Crippen LogP contribution < -0.4 is 5.32 Å². The Balaban J connectivity index is 1.60. The third-order valence-electron chi connectivity index (χ3n) is 5.10. The highest BCUT2D eigenvalue weighted by Gasteiger charge is 2.55. The minimum absolute atomic E-state index is 0.0708. The number of halogens is 1. The molecule has 2 fully saturated rings. The van der Waals surface area contributed by atoms with Crippen LogP contribution in [0.2, 0.25) is 0 Å². The van der Waals surface area contributed by atoms with E-state index in [1.807, 2.05) is 31.2 Å². The molecule has 0 bridgehead atoms. The van der Waals surface area contributed by atoms with E-state index >= 15 is 0 Å². The van der Waals surface area contributed by atoms with Crippen molar-refractivity contribution in [3.63, 3.8) is 0 Å². The molecule has 1 N–H and O–H groups in total. The lowest BCUT2D eigenvalue weighted by Crippen LogP contribution is -2.54. The first-order valence-electron chi connectivity index (χ1n) is 8.46. The number of hydrogen-bond donors (Lipinski definition) is 1. The summed E-state index contributed by atoms with van der Waals surface area (Å²) in [6.45, 7) is 1.74. The number of benzene rings is 1. The van der Waals surface area contributed by atoms with Gasteiger partial charge in [0, 0.05) is 4.47 Å². The van der Waals surface area contributed by atoms with E-state index in [4.69, 9.17) is 4.74 Å². The van der Waals surface area contributed by atoms with Gasteiger partial charge in [-0.25, -0.2) is 4.79 Å². The Hall–Kier alpha value is -1.89. The third kappa shape index (κ3) is 3.56. The lowest BCUT2D eigenvalue weighted by molar-refractivity contribution is -0.149. The van der Waals surface area contributed by atoms with Crippen molar-refractivity contribution in [2.45, 2.75) is 44.8 Å². The molecule has 25 heavy (non-hydrogen) atoms. The van der Waals surface area contributed by atoms with Crippen LogP contribution in [-0.4, -0.2) is 34.9 Å². The van der Waals surface area contributed by atoms with Gasteiger partial charge in [-0.15, -0.1) is 0 Å². The quantitative estimate of drug-likeness (QED) is 0.613. The Morgan fingerprint density at radius 1 is 1.32 bits per heavy atom. The summed E-state index contributed by atoms with van der Waals surface area (Å²) < 4.78 is 6.14. The Bertz CT molecular complexity index is 691. The van der Waals surface area contributed by atoms with Gasteiger partial charge < -0.3 is 10.1 Å². The number of carbonyl (C=O) groups excluding carboxylic acids is 3. The first-order valence-corrected chi connectivity index (χ1v) is 9.26. The van der Waals surface area contributed by atoms with E-state index < -0.39 is 17.5 Å². The van der Waals surface area contributed by atoms with Crippen molar-refractivity contribution in [1.82, 2.24) is 10.2 Å². The molecule has 0 radical (unpaired) electrons. The van der Waals surface area contributed by atoms with E-state index in [0.717, 1.165) is 34.2 Å². The van der Waals surface area contributed by atoms with Crippen LogP contribution in [0.4, 0.5) is 4.79 Å². The first kappa shape index (κ1) is 17.9. The number of esters is 1. The molecule has 1 spiro atoms. The molecule has 134 valence electrons. The second-order valence-corrected chi connectivity index (χ2v) is 7.64. The molecule has 1 aliphatic heterocycles. The number of carbonyl (C=O) groups is 3. The summed E-state index contributed by atoms with van der Waals surface area (Å²) in [6.07, 6.45) is 3.48. The van der Waals surface area contributed by atoms with Gasteiger partial charge in [0.2, 0.25) is 0 Å². The molecule has 6 nitrogen and oxygen atoms in total. The van der Waals surface area contributed by atoms with Gasteiger partial charge in [-0.3, -0.25) is 14.5 Å². The minimum atomic E-state index is -0.846. The summed E-state index contributed by atoms with van der Waals surface area (Å²) in [5.41, 5.74) is -0.00691. The highest BCUT2D eigenvalue weighted by Crippen LogP contribution is 2.38. The van der Waals surface area contributed by atoms with E-state index in [-0.39, 0.29) is 25.0 Å². The SMILES string of the molecule is C[C@H]1CCCC[C@@]12NC(=O)N(CC(=O)OCc1ccc(Br)cc1)C2=O. The molecule has 7 heteroatoms. The van der Waals surface area contributed by atoms with Crippen molar-refractivity contribution >= 4 is 33.8 Å². The molecule has 2 atom stereocenters. The van der Waals surface area contributed by atoms with Gasteiger partial charge >= 0.3 is 12.0 Å². The molecule has 1 aromatic rings. The zero-order valence-corrected chi connectivity index (χ0v) is 15.7. The maximum Gasteiger partial charge on any atom is 0.326 e. The van der Waals surface area contributed by atoms with E-state index in [9.17, 15) is 14.4 Å². The van der Waals surface area contributed by atoms with Crippen molar-refractivity contribution < 1.29 is 19.1 Å². The molecule has 1 saturated carbocycles. The fourth-order valence-electron chi connectivity index (χ4n) is 3.56. The average Bonchev–Trinajstić information content (AvgIpc) is 2.82. The van der Waals surface area contributed by atoms with Gasteiger partial charge in [0.05, 0.1) is 0 Å². The van der Waals surface area contributed by atoms with Gasteiger partial charge in [-0.05, 0) is 36.5 Å². The summed E-state index contributed by atoms with van der Waals surface area (Å²) in [5, 5.41) is 2.83. The monoisotopic (exact) mass is 408 g/mol. The topological polar surface area (TPSA) is 75.7 Å². The van der Waals surface area contributed by atoms with Gasteiger partial charge in [0.15, 0.2) is 0 Å². The summed E-state index contributed by atoms with van der Waals surface area (Å²) >= 11 is 3.34. The standard InChI is InChI=1S/C18H21BrN2O4/c1-12-4-2-3-9-18(12)16(23)21(17(24)20-18)10-15(22)25-11-13-5-7-14(19)8-6-13/h5-8,12H,2-4,9-11H2,1H3,(H,20,24)/t12-,18+/m0/s1. The Kier molecular flexibility index (Phi) is 5.13. The molecule has 0 aromatic heterocycles. The molecule has 3 amide bonds. The van der Waals surface area contributed by atoms with Crippen LogP contribution in [0.5, 0.6) is 0 Å². The van der Waals surface area contributed by atoms with E-state index in [0.29, 0.717) is 6.42 Å². The van der Waals surface area contributed by atoms with E-state index in [1.165, 1.54) is 0 Å². The van der Waals surface area contributed by atoms with E-state index in [1.54, 1.807) is 0 Å². The van der Waals surface area contributed by atoms with E-state index in [2.05, 4.69) is 21.2 Å². The predicted molar refractivity (Wildman–Crippen MR) is 94.5 cm³/mol. The van der Waals surface area contributed by atoms with Crippen LogP contribution in [0.3, 0.4) is 0 Å². The second-order valence-electron chi connectivity index (χ2n) is 6.73. The first-order chi connectivity index (χ1) is 11.9. The number of urea groups is 1. The van der Waals surface area contributed by atoms with Gasteiger partial charge in [-0.1, -0.05) is 47.8 Å². The second kappa shape index (κ2) is 7.15. The summed E-state index contributed by atoms with van der Waals surface area (Å²) in [6, 6.07) is 6.89. The number of rotatable bonds is 4. The average molecular weight is 409 g/mol. The third-order valence-corrected chi connectivity index (χ3v) is 5.63. The number of ether oxygens (including phenoxy) is 1. The highest BCUT2D eigenvalue weighted by atomic mass is 79.9. The maximum atomic E-state index is 12.8. The lowest BCUT2D eigenvalue weighted by atomic mass is 9.73. The number of nitrogens with zero attached hydrogens (tertiary/aromatic N) is 1. The Morgan fingerprint density at radius 2 is 2.04 bits per heavy atom. The number of imide groups is 1. The molecule has 0 unspecified atom stereocenters. The van der Waals surface area contributed by atoms with Crippen molar-refractivity contribution in [2.24, 2.45) is 5.92 Å². The van der Waals surface area contributed by atoms with Gasteiger partial charge in [0.1, 0.15) is 18.7 Å². The number of nitrogens with one attached hydrogen (secondary N) is 1. The molecule has 2 aliphatic rings. The Morgan fingerprint density at radius 3 is 2.72 bits per heavy atom. The van der Waals surface area contributed by atoms with Crippen LogP contribution in [0.1, 0.15) is 38.2 Å². The zero-order chi connectivity index (χ0) is 18.0. The van der Waals surface area contributed by atoms with Crippen molar-refractivity contribution in [3.8, 4) is 0 Å². The lowest BCUT2D eigenvalue weighted by Gasteiger charge is -2.36. The molecule has 1 saturated heterocycles. The fraction of sp³-hybridized carbons (Fsp3) is 0.500. The van der Waals surface area contributed by atoms with Gasteiger partial charge in [0.25, 0.3) is 5.91 Å². The number of amides is 3. The molecule has 3 rings (SSSR count). The summed E-state index contributed by atoms with van der Waals surface area (Å²) in [7, 11) is 0. The smallest absolute Gasteiger partial charge is 0.326 e. The van der Waals surface area contributed by atoms with Crippen LogP contribution in [-0.2, 0) is 20.9 Å². The molecule has 1 aliphatic carbocycles. The maximum absolute atomic E-state index is 12.8. The van der Waals surface area contributed by atoms with Crippen LogP contribution in [0.25, 0.3) is 0 Å². The normalized spacial score (nSPS) is 26.0. The van der Waals surface area contributed by atoms with Crippen molar-refractivity contribution in [3.05, 3.63) is 34.3 Å². The largest absolute Gasteiger partial charge is 0.459 e. The van der Waals surface area contributed by atoms with Crippen LogP contribution >= 0.6 is 15.9 Å². The van der Waals surface area contributed by atoms with Crippen LogP contribution in [0, 0.1) is 5.92 Å². The molecular formula is C18H21BrN2O4. The highest BCUT2D eigenvalue weighted by molar-refractivity contribution is 9.10. The Labute approximate surface area is 155 Å². The molecule has 1 heterocycles. The number of hydrogen-bond acceptors (Lipinski definition) is 4. The molecule has 1 aromatic carbocycles. The fourth-order valence-corrected chi connectivity index (χ4v) is 3.82. The van der Waals surface area contributed by atoms with Crippen molar-refractivity contribution in [2.75, 3.05) is 6.54 Å². The zero-order valence-electron chi connectivity index (χ0n) is 14.1. The molecular weight excluding hydrogens is 388 g/mol. The summed E-state index contributed by atoms with van der Waals surface area (Å²) in [4.78, 5) is 38.1. The minimum Gasteiger partial charge on any atom is -0.459 e. The summed E-state index contributed by atoms with van der Waals surface area (Å²) in [5.74, 6) is -0.821. The van der Waals surface area contributed by atoms with Crippen molar-refractivity contribution in [1.29, 1.82) is 0 Å². The predicted octanol–water partition coefficient (Wildman–Crippen LogP) is 2.99.